The molecule has 0 aliphatic heterocycles. The maximum absolute atomic E-state index is 4.72. The van der Waals surface area contributed by atoms with Crippen molar-refractivity contribution in [2.45, 2.75) is 98.7 Å². The average molecular weight is 678 g/mol. The SMILES string of the molecule is CC.CC.CC.[B][B]C.[Y].[c-]1c(C2(c3[c-]c4c(cc3)Cc3ccccc3-4)C3CC4CC(C3)CC2C4)ccc2c1Cc1ccccc1-2. The second-order valence-electron chi connectivity index (χ2n) is 12.7. The minimum Gasteiger partial charge on any atom is -0.175 e. The Morgan fingerprint density at radius 2 is 1.09 bits per heavy atom. The summed E-state index contributed by atoms with van der Waals surface area (Å²) in [5, 5.41) is 0. The fraction of sp³-hybridized carbons (Fsp3) is 0.442. The maximum Gasteiger partial charge on any atom is 0.0502 e. The molecule has 0 N–H and O–H groups in total. The first kappa shape index (κ1) is 36.9. The van der Waals surface area contributed by atoms with Gasteiger partial charge in [-0.2, -0.15) is 23.8 Å². The maximum atomic E-state index is 4.72. The molecule has 4 radical (unpaired) electrons. The van der Waals surface area contributed by atoms with Gasteiger partial charge in [0.05, 0.1) is 7.17 Å². The number of rotatable bonds is 2. The van der Waals surface area contributed by atoms with Crippen LogP contribution in [0.25, 0.3) is 22.3 Å². The van der Waals surface area contributed by atoms with Crippen LogP contribution in [0.15, 0.2) is 72.8 Å². The molecule has 10 rings (SSSR count). The van der Waals surface area contributed by atoms with Crippen molar-refractivity contribution in [3.05, 3.63) is 118 Å². The van der Waals surface area contributed by atoms with E-state index in [0.29, 0.717) is 0 Å². The van der Waals surface area contributed by atoms with Gasteiger partial charge >= 0.3 is 0 Å². The fourth-order valence-electron chi connectivity index (χ4n) is 9.53. The minimum absolute atomic E-state index is 0. The molecule has 0 unspecified atom stereocenters. The molecule has 4 saturated carbocycles. The molecule has 4 aromatic rings. The standard InChI is InChI=1S/C36H30.3C2H6.CH3B2.Y/c1-3-7-32-25(6-1)19-27-20-28(11-12-34(27)32)36(30-14-22-13-23(16-30)17-31(36)15-22)29-10-9-26-18-24-5-2-4-8-33(24)35(26)21-29;3*1-2;1-3-2;/h1-12,22-23,30-31H,13-19H2;3*1-2H3;1H3;/q-2;;;;;. The van der Waals surface area contributed by atoms with Gasteiger partial charge in [-0.15, -0.1) is 52.8 Å². The zero-order valence-electron chi connectivity index (χ0n) is 29.4. The van der Waals surface area contributed by atoms with E-state index < -0.39 is 0 Å². The summed E-state index contributed by atoms with van der Waals surface area (Å²) >= 11 is 0. The predicted molar refractivity (Wildman–Crippen MR) is 196 cm³/mol. The normalized spacial score (nSPS) is 24.2. The number of benzene rings is 4. The molecule has 46 heavy (non-hydrogen) atoms. The molecule has 4 bridgehead atoms. The smallest absolute Gasteiger partial charge is 0.0502 e. The van der Waals surface area contributed by atoms with Crippen LogP contribution in [0.1, 0.15) is 107 Å². The van der Waals surface area contributed by atoms with Gasteiger partial charge in [0.15, 0.2) is 0 Å². The summed E-state index contributed by atoms with van der Waals surface area (Å²) in [7, 11) is 6.22. The van der Waals surface area contributed by atoms with Crippen LogP contribution in [-0.2, 0) is 51.0 Å². The minimum atomic E-state index is 0. The van der Waals surface area contributed by atoms with Crippen LogP contribution in [0.4, 0.5) is 0 Å². The molecule has 6 aliphatic rings. The second kappa shape index (κ2) is 16.5. The summed E-state index contributed by atoms with van der Waals surface area (Å²) < 4.78 is 0. The molecular formula is C43H51B2Y-2. The van der Waals surface area contributed by atoms with Crippen LogP contribution in [0.5, 0.6) is 0 Å². The molecule has 0 spiro atoms. The van der Waals surface area contributed by atoms with Gasteiger partial charge in [-0.3, -0.25) is 0 Å². The van der Waals surface area contributed by atoms with E-state index in [2.05, 4.69) is 84.9 Å². The van der Waals surface area contributed by atoms with Crippen molar-refractivity contribution < 1.29 is 32.7 Å². The van der Waals surface area contributed by atoms with E-state index in [1.165, 1.54) is 94.9 Å². The van der Waals surface area contributed by atoms with Crippen molar-refractivity contribution in [3.8, 4) is 22.3 Å². The predicted octanol–water partition coefficient (Wildman–Crippen LogP) is 11.1. The Hall–Kier alpha value is -1.89. The first-order chi connectivity index (χ1) is 22.2. The van der Waals surface area contributed by atoms with Gasteiger partial charge in [0.2, 0.25) is 0 Å². The third-order valence-corrected chi connectivity index (χ3v) is 10.7. The Morgan fingerprint density at radius 1 is 0.587 bits per heavy atom. The van der Waals surface area contributed by atoms with E-state index in [4.69, 9.17) is 7.74 Å². The van der Waals surface area contributed by atoms with Gasteiger partial charge in [0.1, 0.15) is 0 Å². The molecular weight excluding hydrogens is 627 g/mol. The van der Waals surface area contributed by atoms with Gasteiger partial charge in [-0.05, 0) is 74.0 Å². The van der Waals surface area contributed by atoms with Crippen molar-refractivity contribution in [2.24, 2.45) is 23.7 Å². The molecule has 0 atom stereocenters. The van der Waals surface area contributed by atoms with E-state index in [9.17, 15) is 0 Å². The Bertz CT molecular complexity index is 1560. The van der Waals surface area contributed by atoms with Crippen molar-refractivity contribution >= 4 is 14.9 Å². The monoisotopic (exact) mass is 678 g/mol. The molecule has 3 heteroatoms. The Morgan fingerprint density at radius 3 is 1.70 bits per heavy atom. The molecule has 4 aromatic carbocycles. The zero-order valence-corrected chi connectivity index (χ0v) is 32.3. The second-order valence-corrected chi connectivity index (χ2v) is 12.7. The van der Waals surface area contributed by atoms with E-state index in [-0.39, 0.29) is 38.1 Å². The molecule has 6 aliphatic carbocycles. The van der Waals surface area contributed by atoms with Crippen LogP contribution >= 0.6 is 0 Å². The number of hydrogen-bond donors (Lipinski definition) is 0. The number of hydrogen-bond acceptors (Lipinski definition) is 0. The Labute approximate surface area is 308 Å². The fourth-order valence-corrected chi connectivity index (χ4v) is 9.53. The largest absolute Gasteiger partial charge is 0.175 e. The summed E-state index contributed by atoms with van der Waals surface area (Å²) in [6, 6.07) is 36.0. The topological polar surface area (TPSA) is 0 Å². The Balaban J connectivity index is 0.000000442. The Kier molecular flexibility index (Phi) is 13.2. The molecule has 0 heterocycles. The molecule has 4 fully saturated rings. The van der Waals surface area contributed by atoms with Crippen LogP contribution in [0.2, 0.25) is 6.82 Å². The first-order valence-corrected chi connectivity index (χ1v) is 18.0. The molecule has 0 aromatic heterocycles. The van der Waals surface area contributed by atoms with E-state index in [1.807, 2.05) is 41.5 Å². The summed E-state index contributed by atoms with van der Waals surface area (Å²) in [4.78, 5) is 0. The summed E-state index contributed by atoms with van der Waals surface area (Å²) in [6.07, 6.45) is 9.11. The quantitative estimate of drug-likeness (QED) is 0.126. The van der Waals surface area contributed by atoms with E-state index in [0.717, 1.165) is 36.5 Å². The molecule has 234 valence electrons. The van der Waals surface area contributed by atoms with Gasteiger partial charge in [0, 0.05) is 40.4 Å². The third-order valence-electron chi connectivity index (χ3n) is 10.7. The van der Waals surface area contributed by atoms with Crippen molar-refractivity contribution in [1.82, 2.24) is 0 Å². The van der Waals surface area contributed by atoms with Crippen LogP contribution in [-0.4, -0.2) is 14.9 Å². The van der Waals surface area contributed by atoms with Crippen molar-refractivity contribution in [1.29, 1.82) is 0 Å². The van der Waals surface area contributed by atoms with Gasteiger partial charge in [-0.25, -0.2) is 0 Å². The van der Waals surface area contributed by atoms with Crippen LogP contribution in [0.3, 0.4) is 0 Å². The van der Waals surface area contributed by atoms with Crippen LogP contribution in [0, 0.1) is 35.8 Å². The van der Waals surface area contributed by atoms with E-state index in [1.54, 1.807) is 6.82 Å². The first-order valence-electron chi connectivity index (χ1n) is 18.0. The average Bonchev–Trinajstić information content (AvgIpc) is 3.65. The van der Waals surface area contributed by atoms with Gasteiger partial charge in [-0.1, -0.05) is 112 Å². The summed E-state index contributed by atoms with van der Waals surface area (Å²) in [5.74, 6) is 3.32. The molecule has 0 nitrogen and oxygen atoms in total. The van der Waals surface area contributed by atoms with E-state index >= 15 is 0 Å². The van der Waals surface area contributed by atoms with Crippen molar-refractivity contribution in [3.63, 3.8) is 0 Å². The summed E-state index contributed by atoms with van der Waals surface area (Å²) in [6.45, 7) is 13.8. The van der Waals surface area contributed by atoms with Gasteiger partial charge in [0.25, 0.3) is 0 Å². The molecule has 0 saturated heterocycles. The molecule has 0 amide bonds. The van der Waals surface area contributed by atoms with Crippen molar-refractivity contribution in [2.75, 3.05) is 0 Å². The number of fused-ring (bicyclic) bond motifs is 6. The zero-order chi connectivity index (χ0) is 32.1. The van der Waals surface area contributed by atoms with Crippen LogP contribution < -0.4 is 0 Å². The third kappa shape index (κ3) is 6.32. The van der Waals surface area contributed by atoms with Gasteiger partial charge < -0.3 is 0 Å². The summed E-state index contributed by atoms with van der Waals surface area (Å²) in [5.41, 5.74) is 14.3.